The minimum Gasteiger partial charge on any atom is -0.343 e. The van der Waals surface area contributed by atoms with E-state index >= 15 is 0 Å². The molecule has 0 saturated heterocycles. The van der Waals surface area contributed by atoms with Gasteiger partial charge in [-0.05, 0) is 32.3 Å². The van der Waals surface area contributed by atoms with Gasteiger partial charge in [0.05, 0.1) is 0 Å². The average molecular weight is 267 g/mol. The van der Waals surface area contributed by atoms with E-state index in [4.69, 9.17) is 0 Å². The molecular formula is C16H29NO2. The van der Waals surface area contributed by atoms with Gasteiger partial charge in [0.1, 0.15) is 0 Å². The molecule has 0 fully saturated rings. The third kappa shape index (κ3) is 7.14. The van der Waals surface area contributed by atoms with Crippen LogP contribution in [-0.4, -0.2) is 29.7 Å². The molecule has 1 unspecified atom stereocenters. The fraction of sp³-hybridized carbons (Fsp3) is 0.750. The zero-order chi connectivity index (χ0) is 14.7. The molecule has 0 N–H and O–H groups in total. The lowest BCUT2D eigenvalue weighted by molar-refractivity contribution is -0.130. The molecule has 1 atom stereocenters. The summed E-state index contributed by atoms with van der Waals surface area (Å²) in [6, 6.07) is 0. The summed E-state index contributed by atoms with van der Waals surface area (Å²) in [7, 11) is 0. The van der Waals surface area contributed by atoms with Gasteiger partial charge < -0.3 is 4.90 Å². The van der Waals surface area contributed by atoms with Crippen LogP contribution in [-0.2, 0) is 9.59 Å². The highest BCUT2D eigenvalue weighted by molar-refractivity contribution is 5.91. The van der Waals surface area contributed by atoms with Gasteiger partial charge in [0.15, 0.2) is 5.78 Å². The summed E-state index contributed by atoms with van der Waals surface area (Å²) < 4.78 is 0. The van der Waals surface area contributed by atoms with Gasteiger partial charge in [-0.1, -0.05) is 33.3 Å². The minimum absolute atomic E-state index is 0.136. The molecule has 110 valence electrons. The fourth-order valence-corrected chi connectivity index (χ4v) is 2.27. The quantitative estimate of drug-likeness (QED) is 0.424. The zero-order valence-corrected chi connectivity index (χ0v) is 12.8. The van der Waals surface area contributed by atoms with E-state index in [2.05, 4.69) is 6.58 Å². The summed E-state index contributed by atoms with van der Waals surface area (Å²) in [6.45, 7) is 11.1. The van der Waals surface area contributed by atoms with Crippen molar-refractivity contribution in [3.05, 3.63) is 12.7 Å². The molecular weight excluding hydrogens is 238 g/mol. The van der Waals surface area contributed by atoms with Crippen LogP contribution >= 0.6 is 0 Å². The van der Waals surface area contributed by atoms with Crippen molar-refractivity contribution in [1.29, 1.82) is 0 Å². The van der Waals surface area contributed by atoms with Crippen molar-refractivity contribution in [2.24, 2.45) is 5.92 Å². The molecule has 0 aromatic rings. The normalized spacial score (nSPS) is 11.9. The summed E-state index contributed by atoms with van der Waals surface area (Å²) in [5, 5.41) is 0. The molecule has 0 saturated carbocycles. The molecule has 1 amide bonds. The molecule has 0 spiro atoms. The monoisotopic (exact) mass is 267 g/mol. The number of ketones is 1. The molecule has 0 aromatic heterocycles. The fourth-order valence-electron chi connectivity index (χ4n) is 2.27. The first-order chi connectivity index (χ1) is 9.10. The lowest BCUT2D eigenvalue weighted by Crippen LogP contribution is -2.31. The van der Waals surface area contributed by atoms with Crippen molar-refractivity contribution >= 4 is 11.7 Å². The molecule has 19 heavy (non-hydrogen) atoms. The molecule has 0 rings (SSSR count). The van der Waals surface area contributed by atoms with Crippen LogP contribution in [0, 0.1) is 5.92 Å². The number of carbonyl (C=O) groups excluding carboxylic acids is 2. The number of unbranched alkanes of at least 4 members (excludes halogenated alkanes) is 2. The molecule has 0 aliphatic rings. The predicted octanol–water partition coefficient (Wildman–Crippen LogP) is 3.59. The van der Waals surface area contributed by atoms with Gasteiger partial charge >= 0.3 is 0 Å². The van der Waals surface area contributed by atoms with Crippen molar-refractivity contribution < 1.29 is 9.59 Å². The maximum Gasteiger partial charge on any atom is 0.222 e. The Morgan fingerprint density at radius 2 is 1.84 bits per heavy atom. The third-order valence-electron chi connectivity index (χ3n) is 3.61. The van der Waals surface area contributed by atoms with Crippen LogP contribution in [0.1, 0.15) is 59.3 Å². The number of rotatable bonds is 11. The molecule has 0 aromatic carbocycles. The predicted molar refractivity (Wildman–Crippen MR) is 80.0 cm³/mol. The Hall–Kier alpha value is -1.12. The smallest absolute Gasteiger partial charge is 0.222 e. The first-order valence-electron chi connectivity index (χ1n) is 7.54. The SMILES string of the molecule is C=CC(=O)C(CC)CCCCCN(CC)C(=O)CC. The lowest BCUT2D eigenvalue weighted by Gasteiger charge is -2.20. The largest absolute Gasteiger partial charge is 0.343 e. The Morgan fingerprint density at radius 3 is 2.32 bits per heavy atom. The van der Waals surface area contributed by atoms with E-state index in [0.717, 1.165) is 45.2 Å². The Kier molecular flexibility index (Phi) is 10.1. The topological polar surface area (TPSA) is 37.4 Å². The highest BCUT2D eigenvalue weighted by Gasteiger charge is 2.13. The highest BCUT2D eigenvalue weighted by Crippen LogP contribution is 2.15. The summed E-state index contributed by atoms with van der Waals surface area (Å²) in [4.78, 5) is 25.0. The van der Waals surface area contributed by atoms with E-state index in [1.165, 1.54) is 6.08 Å². The molecule has 3 nitrogen and oxygen atoms in total. The minimum atomic E-state index is 0.136. The van der Waals surface area contributed by atoms with Crippen molar-refractivity contribution in [2.45, 2.75) is 59.3 Å². The number of hydrogen-bond donors (Lipinski definition) is 0. The highest BCUT2D eigenvalue weighted by atomic mass is 16.2. The van der Waals surface area contributed by atoms with E-state index in [0.29, 0.717) is 6.42 Å². The second kappa shape index (κ2) is 10.8. The van der Waals surface area contributed by atoms with Crippen molar-refractivity contribution in [2.75, 3.05) is 13.1 Å². The molecule has 0 aliphatic heterocycles. The molecule has 3 heteroatoms. The maximum absolute atomic E-state index is 11.6. The number of carbonyl (C=O) groups is 2. The summed E-state index contributed by atoms with van der Waals surface area (Å²) in [5.74, 6) is 0.534. The van der Waals surface area contributed by atoms with Gasteiger partial charge in [-0.3, -0.25) is 9.59 Å². The lowest BCUT2D eigenvalue weighted by atomic mass is 9.94. The number of amides is 1. The average Bonchev–Trinajstić information content (AvgIpc) is 2.45. The summed E-state index contributed by atoms with van der Waals surface area (Å²) >= 11 is 0. The Labute approximate surface area is 118 Å². The van der Waals surface area contributed by atoms with Crippen molar-refractivity contribution in [3.63, 3.8) is 0 Å². The molecule has 0 heterocycles. The van der Waals surface area contributed by atoms with Crippen LogP contribution in [0.2, 0.25) is 0 Å². The van der Waals surface area contributed by atoms with Crippen molar-refractivity contribution in [3.8, 4) is 0 Å². The van der Waals surface area contributed by atoms with E-state index in [1.807, 2.05) is 25.7 Å². The molecule has 0 aliphatic carbocycles. The van der Waals surface area contributed by atoms with Gasteiger partial charge in [-0.25, -0.2) is 0 Å². The second-order valence-electron chi connectivity index (χ2n) is 4.89. The third-order valence-corrected chi connectivity index (χ3v) is 3.61. The van der Waals surface area contributed by atoms with E-state index in [1.54, 1.807) is 0 Å². The first kappa shape index (κ1) is 17.9. The van der Waals surface area contributed by atoms with Crippen molar-refractivity contribution in [1.82, 2.24) is 4.90 Å². The van der Waals surface area contributed by atoms with Gasteiger partial charge in [-0.2, -0.15) is 0 Å². The summed E-state index contributed by atoms with van der Waals surface area (Å²) in [6.07, 6.45) is 7.00. The van der Waals surface area contributed by atoms with Crippen LogP contribution in [0.15, 0.2) is 12.7 Å². The van der Waals surface area contributed by atoms with Crippen LogP contribution in [0.5, 0.6) is 0 Å². The molecule has 0 radical (unpaired) electrons. The Morgan fingerprint density at radius 1 is 1.16 bits per heavy atom. The van der Waals surface area contributed by atoms with Crippen LogP contribution < -0.4 is 0 Å². The maximum atomic E-state index is 11.6. The van der Waals surface area contributed by atoms with E-state index in [9.17, 15) is 9.59 Å². The number of hydrogen-bond acceptors (Lipinski definition) is 2. The first-order valence-corrected chi connectivity index (χ1v) is 7.54. The summed E-state index contributed by atoms with van der Waals surface area (Å²) in [5.41, 5.74) is 0. The van der Waals surface area contributed by atoms with Crippen LogP contribution in [0.3, 0.4) is 0 Å². The van der Waals surface area contributed by atoms with E-state index < -0.39 is 0 Å². The van der Waals surface area contributed by atoms with E-state index in [-0.39, 0.29) is 17.6 Å². The van der Waals surface area contributed by atoms with Crippen LogP contribution in [0.25, 0.3) is 0 Å². The zero-order valence-electron chi connectivity index (χ0n) is 12.8. The number of nitrogens with zero attached hydrogens (tertiary/aromatic N) is 1. The Balaban J connectivity index is 3.82. The standard InChI is InChI=1S/C16H29NO2/c1-5-14(15(18)6-2)12-10-9-11-13-17(8-4)16(19)7-3/h6,14H,2,5,7-13H2,1,3-4H3. The van der Waals surface area contributed by atoms with Gasteiger partial charge in [0.25, 0.3) is 0 Å². The molecule has 0 bridgehead atoms. The second-order valence-corrected chi connectivity index (χ2v) is 4.89. The Bertz CT molecular complexity index is 286. The van der Waals surface area contributed by atoms with Gasteiger partial charge in [0.2, 0.25) is 5.91 Å². The number of allylic oxidation sites excluding steroid dienone is 1. The van der Waals surface area contributed by atoms with Gasteiger partial charge in [0, 0.05) is 25.4 Å². The van der Waals surface area contributed by atoms with Gasteiger partial charge in [-0.15, -0.1) is 0 Å². The van der Waals surface area contributed by atoms with Crippen LogP contribution in [0.4, 0.5) is 0 Å².